The average molecular weight is 312 g/mol. The van der Waals surface area contributed by atoms with E-state index in [9.17, 15) is 9.59 Å². The maximum absolute atomic E-state index is 11.4. The van der Waals surface area contributed by atoms with Crippen LogP contribution in [0.4, 0.5) is 0 Å². The van der Waals surface area contributed by atoms with Crippen molar-refractivity contribution in [1.82, 2.24) is 0 Å². The van der Waals surface area contributed by atoms with Gasteiger partial charge in [0, 0.05) is 6.42 Å². The van der Waals surface area contributed by atoms with Crippen LogP contribution in [0, 0.1) is 0 Å². The number of benzene rings is 2. The Morgan fingerprint density at radius 2 is 1.52 bits per heavy atom. The molecule has 0 amide bonds. The van der Waals surface area contributed by atoms with Crippen LogP contribution in [0.15, 0.2) is 48.5 Å². The van der Waals surface area contributed by atoms with Gasteiger partial charge in [0.1, 0.15) is 18.1 Å². The summed E-state index contributed by atoms with van der Waals surface area (Å²) in [6.07, 6.45) is 1.32. The van der Waals surface area contributed by atoms with E-state index in [1.165, 1.54) is 7.11 Å². The van der Waals surface area contributed by atoms with Crippen molar-refractivity contribution in [3.8, 4) is 5.75 Å². The SMILES string of the molecule is COC(=O)c1ccc(COc2ccc(CCC(C)=O)cc2)cc1. The molecular weight excluding hydrogens is 292 g/mol. The lowest BCUT2D eigenvalue weighted by atomic mass is 10.1. The lowest BCUT2D eigenvalue weighted by molar-refractivity contribution is -0.116. The number of aryl methyl sites for hydroxylation is 1. The number of ketones is 1. The van der Waals surface area contributed by atoms with E-state index in [2.05, 4.69) is 4.74 Å². The monoisotopic (exact) mass is 312 g/mol. The van der Waals surface area contributed by atoms with Crippen molar-refractivity contribution in [2.75, 3.05) is 7.11 Å². The number of hydrogen-bond acceptors (Lipinski definition) is 4. The molecule has 0 spiro atoms. The standard InChI is InChI=1S/C19H20O4/c1-14(20)3-4-15-7-11-18(12-8-15)23-13-16-5-9-17(10-6-16)19(21)22-2/h5-12H,3-4,13H2,1-2H3. The normalized spacial score (nSPS) is 10.2. The molecule has 0 saturated carbocycles. The van der Waals surface area contributed by atoms with E-state index >= 15 is 0 Å². The zero-order valence-corrected chi connectivity index (χ0v) is 13.4. The van der Waals surface area contributed by atoms with Crippen LogP contribution in [0.3, 0.4) is 0 Å². The molecule has 0 unspecified atom stereocenters. The molecule has 0 N–H and O–H groups in total. The summed E-state index contributed by atoms with van der Waals surface area (Å²) in [5, 5.41) is 0. The van der Waals surface area contributed by atoms with Crippen LogP contribution >= 0.6 is 0 Å². The molecule has 120 valence electrons. The first-order valence-electron chi connectivity index (χ1n) is 7.47. The van der Waals surface area contributed by atoms with Gasteiger partial charge in [-0.2, -0.15) is 0 Å². The van der Waals surface area contributed by atoms with Crippen molar-refractivity contribution in [3.05, 3.63) is 65.2 Å². The van der Waals surface area contributed by atoms with Gasteiger partial charge in [0.2, 0.25) is 0 Å². The highest BCUT2D eigenvalue weighted by atomic mass is 16.5. The van der Waals surface area contributed by atoms with E-state index in [0.717, 1.165) is 23.3 Å². The third kappa shape index (κ3) is 5.25. The Labute approximate surface area is 136 Å². The van der Waals surface area contributed by atoms with Crippen LogP contribution in [-0.4, -0.2) is 18.9 Å². The van der Waals surface area contributed by atoms with Crippen LogP contribution in [-0.2, 0) is 22.6 Å². The Morgan fingerprint density at radius 1 is 0.913 bits per heavy atom. The molecule has 0 aliphatic carbocycles. The van der Waals surface area contributed by atoms with Gasteiger partial charge in [-0.3, -0.25) is 0 Å². The van der Waals surface area contributed by atoms with Crippen molar-refractivity contribution in [2.45, 2.75) is 26.4 Å². The summed E-state index contributed by atoms with van der Waals surface area (Å²) in [7, 11) is 1.36. The smallest absolute Gasteiger partial charge is 0.337 e. The number of hydrogen-bond donors (Lipinski definition) is 0. The van der Waals surface area contributed by atoms with E-state index in [1.54, 1.807) is 19.1 Å². The first-order valence-corrected chi connectivity index (χ1v) is 7.47. The quantitative estimate of drug-likeness (QED) is 0.733. The molecule has 23 heavy (non-hydrogen) atoms. The molecule has 0 atom stereocenters. The summed E-state index contributed by atoms with van der Waals surface area (Å²) in [6.45, 7) is 2.02. The van der Waals surface area contributed by atoms with Crippen LogP contribution < -0.4 is 4.74 Å². The Hall–Kier alpha value is -2.62. The first-order chi connectivity index (χ1) is 11.1. The van der Waals surface area contributed by atoms with Gasteiger partial charge in [-0.25, -0.2) is 4.79 Å². The summed E-state index contributed by atoms with van der Waals surface area (Å²) in [6, 6.07) is 14.9. The highest BCUT2D eigenvalue weighted by Crippen LogP contribution is 2.16. The van der Waals surface area contributed by atoms with Crippen molar-refractivity contribution in [1.29, 1.82) is 0 Å². The highest BCUT2D eigenvalue weighted by Gasteiger charge is 2.04. The maximum atomic E-state index is 11.4. The van der Waals surface area contributed by atoms with Gasteiger partial charge in [-0.15, -0.1) is 0 Å². The molecule has 4 heteroatoms. The predicted octanol–water partition coefficient (Wildman–Crippen LogP) is 3.57. The molecular formula is C19H20O4. The summed E-state index contributed by atoms with van der Waals surface area (Å²) in [5.74, 6) is 0.618. The van der Waals surface area contributed by atoms with Gasteiger partial charge in [0.25, 0.3) is 0 Å². The number of carbonyl (C=O) groups is 2. The largest absolute Gasteiger partial charge is 0.489 e. The lowest BCUT2D eigenvalue weighted by Crippen LogP contribution is -2.02. The summed E-state index contributed by atoms with van der Waals surface area (Å²) in [4.78, 5) is 22.3. The number of Topliss-reactive ketones (excluding diaryl/α,β-unsaturated/α-hetero) is 1. The Kier molecular flexibility index (Phi) is 5.92. The zero-order chi connectivity index (χ0) is 16.7. The van der Waals surface area contributed by atoms with E-state index in [1.807, 2.05) is 36.4 Å². The van der Waals surface area contributed by atoms with E-state index in [-0.39, 0.29) is 11.8 Å². The molecule has 0 saturated heterocycles. The fourth-order valence-electron chi connectivity index (χ4n) is 2.09. The number of rotatable bonds is 7. The second-order valence-electron chi connectivity index (χ2n) is 5.32. The minimum absolute atomic E-state index is 0.195. The zero-order valence-electron chi connectivity index (χ0n) is 13.4. The average Bonchev–Trinajstić information content (AvgIpc) is 2.58. The van der Waals surface area contributed by atoms with Crippen molar-refractivity contribution >= 4 is 11.8 Å². The van der Waals surface area contributed by atoms with Gasteiger partial charge in [-0.1, -0.05) is 24.3 Å². The molecule has 0 aromatic heterocycles. The third-order valence-electron chi connectivity index (χ3n) is 3.47. The van der Waals surface area contributed by atoms with Gasteiger partial charge >= 0.3 is 5.97 Å². The fourth-order valence-corrected chi connectivity index (χ4v) is 2.09. The minimum Gasteiger partial charge on any atom is -0.489 e. The maximum Gasteiger partial charge on any atom is 0.337 e. The third-order valence-corrected chi connectivity index (χ3v) is 3.47. The van der Waals surface area contributed by atoms with Crippen LogP contribution in [0.1, 0.15) is 34.8 Å². The van der Waals surface area contributed by atoms with Crippen LogP contribution in [0.25, 0.3) is 0 Å². The first kappa shape index (κ1) is 16.7. The van der Waals surface area contributed by atoms with E-state index < -0.39 is 0 Å². The summed E-state index contributed by atoms with van der Waals surface area (Å²) < 4.78 is 10.4. The van der Waals surface area contributed by atoms with Gasteiger partial charge < -0.3 is 14.3 Å². The molecule has 4 nitrogen and oxygen atoms in total. The van der Waals surface area contributed by atoms with Gasteiger partial charge in [-0.05, 0) is 48.7 Å². The van der Waals surface area contributed by atoms with E-state index in [0.29, 0.717) is 18.6 Å². The number of carbonyl (C=O) groups excluding carboxylic acids is 2. The molecule has 2 rings (SSSR count). The second-order valence-corrected chi connectivity index (χ2v) is 5.32. The minimum atomic E-state index is -0.349. The molecule has 2 aromatic carbocycles. The predicted molar refractivity (Wildman–Crippen MR) is 87.6 cm³/mol. The summed E-state index contributed by atoms with van der Waals surface area (Å²) in [5.41, 5.74) is 2.61. The van der Waals surface area contributed by atoms with Gasteiger partial charge in [0.15, 0.2) is 0 Å². The molecule has 0 aliphatic rings. The van der Waals surface area contributed by atoms with Gasteiger partial charge in [0.05, 0.1) is 12.7 Å². The van der Waals surface area contributed by atoms with Crippen LogP contribution in [0.5, 0.6) is 5.75 Å². The summed E-state index contributed by atoms with van der Waals surface area (Å²) >= 11 is 0. The Morgan fingerprint density at radius 3 is 2.09 bits per heavy atom. The number of methoxy groups -OCH3 is 1. The highest BCUT2D eigenvalue weighted by molar-refractivity contribution is 5.89. The number of esters is 1. The second kappa shape index (κ2) is 8.13. The molecule has 2 aromatic rings. The fraction of sp³-hybridized carbons (Fsp3) is 0.263. The lowest BCUT2D eigenvalue weighted by Gasteiger charge is -2.08. The van der Waals surface area contributed by atoms with Crippen molar-refractivity contribution < 1.29 is 19.1 Å². The molecule has 0 heterocycles. The van der Waals surface area contributed by atoms with E-state index in [4.69, 9.17) is 4.74 Å². The molecule has 0 radical (unpaired) electrons. The van der Waals surface area contributed by atoms with Crippen LogP contribution in [0.2, 0.25) is 0 Å². The Bertz CT molecular complexity index is 657. The topological polar surface area (TPSA) is 52.6 Å². The van der Waals surface area contributed by atoms with Crippen molar-refractivity contribution in [3.63, 3.8) is 0 Å². The van der Waals surface area contributed by atoms with Crippen molar-refractivity contribution in [2.24, 2.45) is 0 Å². The molecule has 0 bridgehead atoms. The molecule has 0 aliphatic heterocycles. The Balaban J connectivity index is 1.88. The molecule has 0 fully saturated rings. The number of ether oxygens (including phenoxy) is 2.